The summed E-state index contributed by atoms with van der Waals surface area (Å²) in [5, 5.41) is 17.0. The van der Waals surface area contributed by atoms with Gasteiger partial charge in [0.05, 0.1) is 19.2 Å². The fourth-order valence-corrected chi connectivity index (χ4v) is 4.57. The number of nitrogens with one attached hydrogen (secondary N) is 1. The van der Waals surface area contributed by atoms with Crippen LogP contribution in [0.5, 0.6) is 5.75 Å². The third-order valence-corrected chi connectivity index (χ3v) is 6.42. The Hall–Kier alpha value is -4.12. The van der Waals surface area contributed by atoms with E-state index in [1.165, 1.54) is 28.4 Å². The maximum Gasteiger partial charge on any atom is 0.247 e. The van der Waals surface area contributed by atoms with Gasteiger partial charge in [-0.05, 0) is 67.3 Å². The zero-order valence-electron chi connectivity index (χ0n) is 21.6. The van der Waals surface area contributed by atoms with Gasteiger partial charge in [-0.2, -0.15) is 4.80 Å². The average Bonchev–Trinajstić information content (AvgIpc) is 3.55. The van der Waals surface area contributed by atoms with Gasteiger partial charge in [0.15, 0.2) is 0 Å². The summed E-state index contributed by atoms with van der Waals surface area (Å²) in [5.74, 6) is -0.520. The van der Waals surface area contributed by atoms with E-state index >= 15 is 0 Å². The molecule has 1 N–H and O–H groups in total. The Morgan fingerprint density at radius 1 is 1.11 bits per heavy atom. The molecule has 2 amide bonds. The van der Waals surface area contributed by atoms with Crippen molar-refractivity contribution in [2.75, 3.05) is 7.11 Å². The van der Waals surface area contributed by atoms with Crippen LogP contribution in [0.4, 0.5) is 4.39 Å². The summed E-state index contributed by atoms with van der Waals surface area (Å²) < 4.78 is 19.5. The zero-order chi connectivity index (χ0) is 27.3. The molecule has 11 heteroatoms. The molecule has 4 aromatic rings. The van der Waals surface area contributed by atoms with Gasteiger partial charge in [0.2, 0.25) is 17.6 Å². The highest BCUT2D eigenvalue weighted by Gasteiger charge is 2.34. The van der Waals surface area contributed by atoms with E-state index in [9.17, 15) is 14.0 Å². The number of methoxy groups -OCH3 is 1. The van der Waals surface area contributed by atoms with Crippen molar-refractivity contribution in [2.24, 2.45) is 0 Å². The predicted octanol–water partition coefficient (Wildman–Crippen LogP) is 4.23. The van der Waals surface area contributed by atoms with Gasteiger partial charge in [-0.1, -0.05) is 30.3 Å². The number of benzene rings is 2. The Labute approximate surface area is 224 Å². The van der Waals surface area contributed by atoms with Crippen molar-refractivity contribution in [1.29, 1.82) is 0 Å². The Balaban J connectivity index is 1.69. The largest absolute Gasteiger partial charge is 0.497 e. The number of carbonyl (C=O) groups excluding carboxylic acids is 2. The lowest BCUT2D eigenvalue weighted by atomic mass is 10.0. The number of halogens is 1. The molecule has 0 unspecified atom stereocenters. The van der Waals surface area contributed by atoms with Crippen LogP contribution in [0.2, 0.25) is 0 Å². The zero-order valence-corrected chi connectivity index (χ0v) is 22.4. The maximum atomic E-state index is 14.2. The average molecular weight is 537 g/mol. The van der Waals surface area contributed by atoms with Gasteiger partial charge in [-0.15, -0.1) is 21.5 Å². The van der Waals surface area contributed by atoms with Crippen LogP contribution >= 0.6 is 11.3 Å². The SMILES string of the molecule is COc1ccc([C@@H](C(=O)NC(C)(C)C)N(Cc2cccs2)C(=O)Cn2nnc(-c3ccccc3F)n2)cc1. The van der Waals surface area contributed by atoms with Gasteiger partial charge in [0.1, 0.15) is 24.2 Å². The Kier molecular flexibility index (Phi) is 8.16. The van der Waals surface area contributed by atoms with Crippen LogP contribution in [0.1, 0.15) is 37.3 Å². The second kappa shape index (κ2) is 11.5. The van der Waals surface area contributed by atoms with E-state index in [4.69, 9.17) is 4.74 Å². The fourth-order valence-electron chi connectivity index (χ4n) is 3.86. The summed E-state index contributed by atoms with van der Waals surface area (Å²) in [7, 11) is 1.56. The van der Waals surface area contributed by atoms with Crippen molar-refractivity contribution in [1.82, 2.24) is 30.4 Å². The Morgan fingerprint density at radius 2 is 1.84 bits per heavy atom. The summed E-state index contributed by atoms with van der Waals surface area (Å²) in [6.07, 6.45) is 0. The van der Waals surface area contributed by atoms with Crippen molar-refractivity contribution >= 4 is 23.2 Å². The minimum atomic E-state index is -0.940. The molecule has 4 rings (SSSR count). The highest BCUT2D eigenvalue weighted by atomic mass is 32.1. The lowest BCUT2D eigenvalue weighted by molar-refractivity contribution is -0.143. The molecule has 2 aromatic heterocycles. The van der Waals surface area contributed by atoms with Crippen LogP contribution in [0.15, 0.2) is 66.0 Å². The molecule has 0 aliphatic rings. The molecule has 0 aliphatic carbocycles. The van der Waals surface area contributed by atoms with E-state index in [0.29, 0.717) is 11.3 Å². The molecule has 0 bridgehead atoms. The minimum Gasteiger partial charge on any atom is -0.497 e. The number of ether oxygens (including phenoxy) is 1. The lowest BCUT2D eigenvalue weighted by Gasteiger charge is -2.33. The van der Waals surface area contributed by atoms with Crippen LogP contribution in [0.3, 0.4) is 0 Å². The Bertz CT molecular complexity index is 1380. The number of hydrogen-bond donors (Lipinski definition) is 1. The van der Waals surface area contributed by atoms with E-state index < -0.39 is 23.3 Å². The standard InChI is InChI=1S/C27H29FN6O3S/c1-27(2,3)29-26(36)24(18-11-13-19(37-4)14-12-18)33(16-20-8-7-15-38-20)23(35)17-34-31-25(30-32-34)21-9-5-6-10-22(21)28/h5-15,24H,16-17H2,1-4H3,(H,29,36)/t24-/m0/s1. The van der Waals surface area contributed by atoms with Crippen LogP contribution in [0, 0.1) is 5.82 Å². The first kappa shape index (κ1) is 26.9. The van der Waals surface area contributed by atoms with Crippen molar-refractivity contribution in [3.05, 3.63) is 82.3 Å². The van der Waals surface area contributed by atoms with E-state index in [1.807, 2.05) is 38.3 Å². The first-order valence-corrected chi connectivity index (χ1v) is 12.8. The molecule has 0 aliphatic heterocycles. The number of aromatic nitrogens is 4. The predicted molar refractivity (Wildman–Crippen MR) is 142 cm³/mol. The molecular weight excluding hydrogens is 507 g/mol. The monoisotopic (exact) mass is 536 g/mol. The van der Waals surface area contributed by atoms with E-state index in [2.05, 4.69) is 20.7 Å². The second-order valence-electron chi connectivity index (χ2n) is 9.64. The van der Waals surface area contributed by atoms with Gasteiger partial charge in [-0.25, -0.2) is 4.39 Å². The second-order valence-corrected chi connectivity index (χ2v) is 10.7. The number of amides is 2. The van der Waals surface area contributed by atoms with Crippen molar-refractivity contribution in [3.63, 3.8) is 0 Å². The van der Waals surface area contributed by atoms with Crippen LogP contribution in [0.25, 0.3) is 11.4 Å². The quantitative estimate of drug-likeness (QED) is 0.343. The smallest absolute Gasteiger partial charge is 0.247 e. The van der Waals surface area contributed by atoms with Gasteiger partial charge in [0, 0.05) is 10.4 Å². The minimum absolute atomic E-state index is 0.0675. The van der Waals surface area contributed by atoms with E-state index in [1.54, 1.807) is 43.5 Å². The first-order chi connectivity index (χ1) is 18.1. The molecule has 198 valence electrons. The number of carbonyl (C=O) groups is 2. The number of rotatable bonds is 9. The number of thiophene rings is 1. The number of hydrogen-bond acceptors (Lipinski definition) is 7. The van der Waals surface area contributed by atoms with Crippen molar-refractivity contribution < 1.29 is 18.7 Å². The van der Waals surface area contributed by atoms with Crippen LogP contribution < -0.4 is 10.1 Å². The summed E-state index contributed by atoms with van der Waals surface area (Å²) in [5.41, 5.74) is 0.278. The molecule has 0 saturated heterocycles. The van der Waals surface area contributed by atoms with Gasteiger partial charge in [-0.3, -0.25) is 9.59 Å². The van der Waals surface area contributed by atoms with Crippen molar-refractivity contribution in [2.45, 2.75) is 45.4 Å². The van der Waals surface area contributed by atoms with Gasteiger partial charge >= 0.3 is 0 Å². The highest BCUT2D eigenvalue weighted by molar-refractivity contribution is 7.09. The van der Waals surface area contributed by atoms with Crippen LogP contribution in [-0.2, 0) is 22.7 Å². The number of tetrazole rings is 1. The van der Waals surface area contributed by atoms with Crippen molar-refractivity contribution in [3.8, 4) is 17.1 Å². The summed E-state index contributed by atoms with van der Waals surface area (Å²) in [6, 6.07) is 16.0. The molecule has 0 saturated carbocycles. The van der Waals surface area contributed by atoms with Crippen LogP contribution in [-0.4, -0.2) is 49.6 Å². The third kappa shape index (κ3) is 6.60. The highest BCUT2D eigenvalue weighted by Crippen LogP contribution is 2.28. The Morgan fingerprint density at radius 3 is 2.47 bits per heavy atom. The maximum absolute atomic E-state index is 14.2. The molecule has 2 heterocycles. The molecule has 1 atom stereocenters. The normalized spacial score (nSPS) is 12.1. The summed E-state index contributed by atoms with van der Waals surface area (Å²) in [4.78, 5) is 30.9. The lowest BCUT2D eigenvalue weighted by Crippen LogP contribution is -2.49. The molecule has 0 radical (unpaired) electrons. The number of nitrogens with zero attached hydrogens (tertiary/aromatic N) is 5. The summed E-state index contributed by atoms with van der Waals surface area (Å²) in [6.45, 7) is 5.54. The first-order valence-electron chi connectivity index (χ1n) is 11.9. The molecule has 2 aromatic carbocycles. The molecule has 9 nitrogen and oxygen atoms in total. The topological polar surface area (TPSA) is 102 Å². The van der Waals surface area contributed by atoms with E-state index in [-0.39, 0.29) is 30.4 Å². The third-order valence-electron chi connectivity index (χ3n) is 5.56. The van der Waals surface area contributed by atoms with E-state index in [0.717, 1.165) is 9.67 Å². The van der Waals surface area contributed by atoms with Gasteiger partial charge < -0.3 is 15.0 Å². The summed E-state index contributed by atoms with van der Waals surface area (Å²) >= 11 is 1.48. The molecule has 38 heavy (non-hydrogen) atoms. The molecule has 0 spiro atoms. The molecular formula is C27H29FN6O3S. The molecule has 0 fully saturated rings. The van der Waals surface area contributed by atoms with Gasteiger partial charge in [0.25, 0.3) is 0 Å². The fraction of sp³-hybridized carbons (Fsp3) is 0.296.